The molecule has 0 saturated heterocycles. The molecule has 2 N–H and O–H groups in total. The normalized spacial score (nSPS) is 13.4. The number of anilines is 1. The molecule has 114 valence electrons. The Bertz CT molecular complexity index is 644. The predicted octanol–water partition coefficient (Wildman–Crippen LogP) is 5.46. The maximum absolute atomic E-state index is 6.09. The zero-order valence-corrected chi connectivity index (χ0v) is 14.2. The number of benzene rings is 1. The van der Waals surface area contributed by atoms with Crippen LogP contribution in [-0.2, 0) is 6.42 Å². The van der Waals surface area contributed by atoms with Crippen molar-refractivity contribution in [2.24, 2.45) is 11.3 Å². The van der Waals surface area contributed by atoms with Gasteiger partial charge in [-0.2, -0.15) is 0 Å². The van der Waals surface area contributed by atoms with Gasteiger partial charge in [-0.05, 0) is 29.0 Å². The molecule has 1 aromatic carbocycles. The van der Waals surface area contributed by atoms with E-state index in [-0.39, 0.29) is 5.41 Å². The number of aromatic nitrogens is 1. The highest BCUT2D eigenvalue weighted by Crippen LogP contribution is 2.37. The number of nitrogens with zero attached hydrogens (tertiary/aromatic N) is 1. The minimum absolute atomic E-state index is 0.177. The van der Waals surface area contributed by atoms with Crippen LogP contribution in [0.4, 0.5) is 5.82 Å². The molecule has 2 aromatic rings. The topological polar surface area (TPSA) is 52.0 Å². The predicted molar refractivity (Wildman–Crippen MR) is 88.7 cm³/mol. The summed E-state index contributed by atoms with van der Waals surface area (Å²) >= 11 is 12.1. The fraction of sp³-hybridized carbons (Fsp3) is 0.438. The zero-order valence-electron chi connectivity index (χ0n) is 12.7. The van der Waals surface area contributed by atoms with E-state index in [0.717, 1.165) is 23.3 Å². The summed E-state index contributed by atoms with van der Waals surface area (Å²) in [5.41, 5.74) is 7.83. The van der Waals surface area contributed by atoms with Crippen molar-refractivity contribution in [1.82, 2.24) is 5.16 Å². The van der Waals surface area contributed by atoms with Crippen LogP contribution in [0.15, 0.2) is 22.7 Å². The third kappa shape index (κ3) is 3.53. The summed E-state index contributed by atoms with van der Waals surface area (Å²) in [6.45, 7) is 8.81. The van der Waals surface area contributed by atoms with E-state index in [2.05, 4.69) is 32.9 Å². The Morgan fingerprint density at radius 3 is 2.48 bits per heavy atom. The van der Waals surface area contributed by atoms with Gasteiger partial charge in [-0.1, -0.05) is 62.1 Å². The third-order valence-electron chi connectivity index (χ3n) is 3.97. The van der Waals surface area contributed by atoms with Crippen LogP contribution in [0.25, 0.3) is 11.1 Å². The van der Waals surface area contributed by atoms with E-state index < -0.39 is 0 Å². The Morgan fingerprint density at radius 2 is 1.90 bits per heavy atom. The molecule has 3 nitrogen and oxygen atoms in total. The standard InChI is InChI=1S/C16H20Cl2N2O/c1-9(16(2,3)4)7-13-14(15(19)20-21-13)10-5-6-11(17)12(18)8-10/h5-6,8-9H,7H2,1-4H3,(H2,19,20). The van der Waals surface area contributed by atoms with E-state index in [1.54, 1.807) is 12.1 Å². The monoisotopic (exact) mass is 326 g/mol. The molecule has 0 bridgehead atoms. The second kappa shape index (κ2) is 5.90. The average molecular weight is 327 g/mol. The number of rotatable bonds is 3. The number of halogens is 2. The first-order chi connectivity index (χ1) is 9.70. The first kappa shape index (κ1) is 16.2. The molecule has 0 aliphatic heterocycles. The van der Waals surface area contributed by atoms with Gasteiger partial charge >= 0.3 is 0 Å². The summed E-state index contributed by atoms with van der Waals surface area (Å²) in [6, 6.07) is 5.42. The van der Waals surface area contributed by atoms with Gasteiger partial charge < -0.3 is 10.3 Å². The highest BCUT2D eigenvalue weighted by atomic mass is 35.5. The highest BCUT2D eigenvalue weighted by molar-refractivity contribution is 6.42. The lowest BCUT2D eigenvalue weighted by atomic mass is 9.79. The van der Waals surface area contributed by atoms with E-state index in [9.17, 15) is 0 Å². The molecule has 0 saturated carbocycles. The molecule has 0 fully saturated rings. The molecule has 0 radical (unpaired) electrons. The van der Waals surface area contributed by atoms with Crippen LogP contribution in [0, 0.1) is 11.3 Å². The Labute approximate surface area is 135 Å². The molecular formula is C16H20Cl2N2O. The molecule has 5 heteroatoms. The molecule has 0 spiro atoms. The van der Waals surface area contributed by atoms with Gasteiger partial charge in [0.2, 0.25) is 0 Å². The van der Waals surface area contributed by atoms with Crippen molar-refractivity contribution in [2.75, 3.05) is 5.73 Å². The maximum Gasteiger partial charge on any atom is 0.175 e. The van der Waals surface area contributed by atoms with Crippen LogP contribution in [-0.4, -0.2) is 5.16 Å². The van der Waals surface area contributed by atoms with Crippen molar-refractivity contribution in [3.63, 3.8) is 0 Å². The fourth-order valence-electron chi connectivity index (χ4n) is 2.02. The Hall–Kier alpha value is -1.19. The first-order valence-corrected chi connectivity index (χ1v) is 7.65. The van der Waals surface area contributed by atoms with Crippen molar-refractivity contribution in [2.45, 2.75) is 34.1 Å². The molecule has 1 atom stereocenters. The van der Waals surface area contributed by atoms with Crippen LogP contribution < -0.4 is 5.73 Å². The van der Waals surface area contributed by atoms with Gasteiger partial charge in [0.1, 0.15) is 5.76 Å². The minimum Gasteiger partial charge on any atom is -0.380 e. The molecule has 0 amide bonds. The van der Waals surface area contributed by atoms with Gasteiger partial charge in [0.05, 0.1) is 15.6 Å². The maximum atomic E-state index is 6.09. The van der Waals surface area contributed by atoms with Crippen LogP contribution in [0.5, 0.6) is 0 Å². The Morgan fingerprint density at radius 1 is 1.24 bits per heavy atom. The number of hydrogen-bond donors (Lipinski definition) is 1. The summed E-state index contributed by atoms with van der Waals surface area (Å²) in [7, 11) is 0. The molecule has 1 heterocycles. The lowest BCUT2D eigenvalue weighted by Gasteiger charge is -2.26. The lowest BCUT2D eigenvalue weighted by Crippen LogP contribution is -2.19. The van der Waals surface area contributed by atoms with Crippen molar-refractivity contribution in [3.05, 3.63) is 34.0 Å². The number of nitrogen functional groups attached to an aromatic ring is 1. The first-order valence-electron chi connectivity index (χ1n) is 6.89. The molecule has 1 unspecified atom stereocenters. The van der Waals surface area contributed by atoms with E-state index in [0.29, 0.717) is 21.8 Å². The molecule has 0 aliphatic carbocycles. The smallest absolute Gasteiger partial charge is 0.175 e. The summed E-state index contributed by atoms with van der Waals surface area (Å²) < 4.78 is 5.43. The molecular weight excluding hydrogens is 307 g/mol. The Balaban J connectivity index is 2.40. The quantitative estimate of drug-likeness (QED) is 0.815. The fourth-order valence-corrected chi connectivity index (χ4v) is 2.32. The average Bonchev–Trinajstić information content (AvgIpc) is 2.73. The SMILES string of the molecule is CC(Cc1onc(N)c1-c1ccc(Cl)c(Cl)c1)C(C)(C)C. The van der Waals surface area contributed by atoms with E-state index >= 15 is 0 Å². The lowest BCUT2D eigenvalue weighted by molar-refractivity contribution is 0.240. The van der Waals surface area contributed by atoms with E-state index in [4.69, 9.17) is 33.5 Å². The molecule has 1 aromatic heterocycles. The van der Waals surface area contributed by atoms with Gasteiger partial charge in [0.25, 0.3) is 0 Å². The largest absolute Gasteiger partial charge is 0.380 e. The summed E-state index contributed by atoms with van der Waals surface area (Å²) in [5.74, 6) is 1.59. The van der Waals surface area contributed by atoms with Crippen molar-refractivity contribution >= 4 is 29.0 Å². The van der Waals surface area contributed by atoms with Crippen LogP contribution in [0.2, 0.25) is 10.0 Å². The van der Waals surface area contributed by atoms with Gasteiger partial charge in [-0.25, -0.2) is 0 Å². The highest BCUT2D eigenvalue weighted by Gasteiger charge is 2.25. The van der Waals surface area contributed by atoms with Gasteiger partial charge in [0, 0.05) is 6.42 Å². The molecule has 21 heavy (non-hydrogen) atoms. The molecule has 2 rings (SSSR count). The number of nitrogens with two attached hydrogens (primary N) is 1. The van der Waals surface area contributed by atoms with Crippen molar-refractivity contribution < 1.29 is 4.52 Å². The minimum atomic E-state index is 0.177. The van der Waals surface area contributed by atoms with Crippen LogP contribution >= 0.6 is 23.2 Å². The molecule has 0 aliphatic rings. The second-order valence-corrected chi connectivity index (χ2v) is 7.28. The zero-order chi connectivity index (χ0) is 15.8. The van der Waals surface area contributed by atoms with E-state index in [1.807, 2.05) is 6.07 Å². The Kier molecular flexibility index (Phi) is 4.54. The van der Waals surface area contributed by atoms with Crippen molar-refractivity contribution in [1.29, 1.82) is 0 Å². The summed E-state index contributed by atoms with van der Waals surface area (Å²) in [4.78, 5) is 0. The van der Waals surface area contributed by atoms with E-state index in [1.165, 1.54) is 0 Å². The summed E-state index contributed by atoms with van der Waals surface area (Å²) in [5, 5.41) is 4.91. The van der Waals surface area contributed by atoms with Gasteiger partial charge in [0.15, 0.2) is 5.82 Å². The van der Waals surface area contributed by atoms with Crippen LogP contribution in [0.3, 0.4) is 0 Å². The van der Waals surface area contributed by atoms with Gasteiger partial charge in [-0.15, -0.1) is 0 Å². The van der Waals surface area contributed by atoms with Crippen molar-refractivity contribution in [3.8, 4) is 11.1 Å². The van der Waals surface area contributed by atoms with Gasteiger partial charge in [-0.3, -0.25) is 0 Å². The summed E-state index contributed by atoms with van der Waals surface area (Å²) in [6.07, 6.45) is 0.767. The third-order valence-corrected chi connectivity index (χ3v) is 4.71. The number of hydrogen-bond acceptors (Lipinski definition) is 3. The second-order valence-electron chi connectivity index (χ2n) is 6.47. The van der Waals surface area contributed by atoms with Crippen LogP contribution in [0.1, 0.15) is 33.5 Å².